The van der Waals surface area contributed by atoms with Crippen molar-refractivity contribution in [3.63, 3.8) is 0 Å². The first-order valence-corrected chi connectivity index (χ1v) is 8.04. The number of hydrogen-bond acceptors (Lipinski definition) is 3. The lowest BCUT2D eigenvalue weighted by atomic mass is 9.91. The summed E-state index contributed by atoms with van der Waals surface area (Å²) in [6.07, 6.45) is 6.62. The zero-order valence-corrected chi connectivity index (χ0v) is 13.2. The molecule has 0 aromatic carbocycles. The summed E-state index contributed by atoms with van der Waals surface area (Å²) >= 11 is 0. The largest absolute Gasteiger partial charge is 0.394 e. The molecule has 2 aliphatic rings. The molecule has 0 unspecified atom stereocenters. The van der Waals surface area contributed by atoms with Crippen LogP contribution >= 0.6 is 0 Å². The van der Waals surface area contributed by atoms with Gasteiger partial charge in [-0.3, -0.25) is 4.79 Å². The molecule has 0 radical (unpaired) electrons. The average molecular weight is 282 g/mol. The molecule has 116 valence electrons. The lowest BCUT2D eigenvalue weighted by Gasteiger charge is -2.40. The van der Waals surface area contributed by atoms with E-state index in [2.05, 4.69) is 5.32 Å². The number of rotatable bonds is 3. The van der Waals surface area contributed by atoms with E-state index in [1.165, 1.54) is 12.8 Å². The van der Waals surface area contributed by atoms with Gasteiger partial charge in [-0.05, 0) is 25.7 Å². The molecule has 1 aliphatic heterocycles. The fraction of sp³-hybridized carbons (Fsp3) is 0.938. The van der Waals surface area contributed by atoms with Crippen molar-refractivity contribution in [2.24, 2.45) is 5.41 Å². The molecule has 4 nitrogen and oxygen atoms in total. The molecule has 2 N–H and O–H groups in total. The molecule has 0 bridgehead atoms. The molecule has 2 fully saturated rings. The molecule has 1 amide bonds. The van der Waals surface area contributed by atoms with E-state index in [4.69, 9.17) is 0 Å². The quantitative estimate of drug-likeness (QED) is 0.831. The molecule has 0 atom stereocenters. The molecule has 1 heterocycles. The van der Waals surface area contributed by atoms with Crippen molar-refractivity contribution in [1.29, 1.82) is 0 Å². The van der Waals surface area contributed by atoms with Crippen LogP contribution in [0.3, 0.4) is 0 Å². The Bertz CT molecular complexity index is 335. The predicted octanol–water partition coefficient (Wildman–Crippen LogP) is 1.92. The van der Waals surface area contributed by atoms with Gasteiger partial charge in [0.2, 0.25) is 5.91 Å². The van der Waals surface area contributed by atoms with E-state index < -0.39 is 0 Å². The van der Waals surface area contributed by atoms with E-state index in [9.17, 15) is 9.90 Å². The maximum absolute atomic E-state index is 12.3. The maximum atomic E-state index is 12.3. The van der Waals surface area contributed by atoms with Crippen LogP contribution in [0.4, 0.5) is 0 Å². The standard InChI is InChI=1S/C16H30N2O2/c1-15(2,3)14(20)18-10-6-13(7-11-18)17-16(12-19)8-4-5-9-16/h13,17,19H,4-12H2,1-3H3. The third-order valence-electron chi connectivity index (χ3n) is 4.80. The van der Waals surface area contributed by atoms with Crippen molar-refractivity contribution >= 4 is 5.91 Å². The molecule has 2 rings (SSSR count). The Labute approximate surface area is 122 Å². The number of carbonyl (C=O) groups excluding carboxylic acids is 1. The van der Waals surface area contributed by atoms with Crippen LogP contribution in [0.15, 0.2) is 0 Å². The van der Waals surface area contributed by atoms with Gasteiger partial charge in [-0.1, -0.05) is 33.6 Å². The number of nitrogens with zero attached hydrogens (tertiary/aromatic N) is 1. The highest BCUT2D eigenvalue weighted by molar-refractivity contribution is 5.81. The highest BCUT2D eigenvalue weighted by Crippen LogP contribution is 2.31. The molecule has 0 aromatic heterocycles. The smallest absolute Gasteiger partial charge is 0.227 e. The van der Waals surface area contributed by atoms with Crippen molar-refractivity contribution < 1.29 is 9.90 Å². The maximum Gasteiger partial charge on any atom is 0.227 e. The highest BCUT2D eigenvalue weighted by atomic mass is 16.3. The Balaban J connectivity index is 1.84. The molecule has 1 aliphatic carbocycles. The number of nitrogens with one attached hydrogen (secondary N) is 1. The average Bonchev–Trinajstić information content (AvgIpc) is 2.87. The summed E-state index contributed by atoms with van der Waals surface area (Å²) in [5.74, 6) is 0.258. The lowest BCUT2D eigenvalue weighted by Crippen LogP contribution is -2.55. The van der Waals surface area contributed by atoms with E-state index in [-0.39, 0.29) is 23.5 Å². The number of aliphatic hydroxyl groups excluding tert-OH is 1. The van der Waals surface area contributed by atoms with Gasteiger partial charge in [0.25, 0.3) is 0 Å². The Morgan fingerprint density at radius 2 is 1.80 bits per heavy atom. The SMILES string of the molecule is CC(C)(C)C(=O)N1CCC(NC2(CO)CCCC2)CC1. The van der Waals surface area contributed by atoms with Crippen molar-refractivity contribution in [1.82, 2.24) is 10.2 Å². The molecular formula is C16H30N2O2. The summed E-state index contributed by atoms with van der Waals surface area (Å²) in [6.45, 7) is 7.88. The second kappa shape index (κ2) is 6.02. The van der Waals surface area contributed by atoms with Crippen LogP contribution in [0.25, 0.3) is 0 Å². The normalized spacial score (nSPS) is 24.1. The van der Waals surface area contributed by atoms with E-state index in [0.29, 0.717) is 6.04 Å². The van der Waals surface area contributed by atoms with Crippen LogP contribution in [0.1, 0.15) is 59.3 Å². The first-order chi connectivity index (χ1) is 9.36. The molecular weight excluding hydrogens is 252 g/mol. The van der Waals surface area contributed by atoms with Crippen LogP contribution in [0, 0.1) is 5.41 Å². The van der Waals surface area contributed by atoms with Gasteiger partial charge in [-0.2, -0.15) is 0 Å². The van der Waals surface area contributed by atoms with Gasteiger partial charge in [-0.25, -0.2) is 0 Å². The second-order valence-electron chi connectivity index (χ2n) is 7.61. The first-order valence-electron chi connectivity index (χ1n) is 8.04. The topological polar surface area (TPSA) is 52.6 Å². The fourth-order valence-corrected chi connectivity index (χ4v) is 3.53. The second-order valence-corrected chi connectivity index (χ2v) is 7.61. The van der Waals surface area contributed by atoms with E-state index >= 15 is 0 Å². The third-order valence-corrected chi connectivity index (χ3v) is 4.80. The zero-order chi connectivity index (χ0) is 14.8. The van der Waals surface area contributed by atoms with Crippen LogP contribution in [-0.4, -0.2) is 47.2 Å². The highest BCUT2D eigenvalue weighted by Gasteiger charge is 2.37. The van der Waals surface area contributed by atoms with Crippen LogP contribution in [0.5, 0.6) is 0 Å². The molecule has 1 saturated carbocycles. The number of aliphatic hydroxyl groups is 1. The van der Waals surface area contributed by atoms with Gasteiger partial charge in [0.05, 0.1) is 6.61 Å². The summed E-state index contributed by atoms with van der Waals surface area (Å²) in [6, 6.07) is 0.448. The van der Waals surface area contributed by atoms with Gasteiger partial charge >= 0.3 is 0 Å². The summed E-state index contributed by atoms with van der Waals surface area (Å²) in [5.41, 5.74) is -0.321. The third kappa shape index (κ3) is 3.53. The van der Waals surface area contributed by atoms with Gasteiger partial charge in [0.15, 0.2) is 0 Å². The first kappa shape index (κ1) is 15.8. The number of amides is 1. The number of piperidine rings is 1. The van der Waals surface area contributed by atoms with Crippen LogP contribution in [0.2, 0.25) is 0 Å². The molecule has 4 heteroatoms. The Morgan fingerprint density at radius 3 is 2.25 bits per heavy atom. The Morgan fingerprint density at radius 1 is 1.25 bits per heavy atom. The van der Waals surface area contributed by atoms with Crippen LogP contribution < -0.4 is 5.32 Å². The van der Waals surface area contributed by atoms with Gasteiger partial charge in [-0.15, -0.1) is 0 Å². The van der Waals surface area contributed by atoms with E-state index in [1.54, 1.807) is 0 Å². The molecule has 1 saturated heterocycles. The van der Waals surface area contributed by atoms with Gasteiger partial charge in [0, 0.05) is 30.1 Å². The minimum atomic E-state index is -0.280. The number of likely N-dealkylation sites (tertiary alicyclic amines) is 1. The molecule has 20 heavy (non-hydrogen) atoms. The van der Waals surface area contributed by atoms with Gasteiger partial charge in [0.1, 0.15) is 0 Å². The predicted molar refractivity (Wildman–Crippen MR) is 80.5 cm³/mol. The van der Waals surface area contributed by atoms with E-state index in [1.807, 2.05) is 25.7 Å². The summed E-state index contributed by atoms with van der Waals surface area (Å²) < 4.78 is 0. The number of hydrogen-bond donors (Lipinski definition) is 2. The lowest BCUT2D eigenvalue weighted by molar-refractivity contribution is -0.140. The Kier molecular flexibility index (Phi) is 4.75. The molecule has 0 aromatic rings. The van der Waals surface area contributed by atoms with Crippen molar-refractivity contribution in [2.75, 3.05) is 19.7 Å². The number of carbonyl (C=O) groups is 1. The van der Waals surface area contributed by atoms with Crippen LogP contribution in [-0.2, 0) is 4.79 Å². The summed E-state index contributed by atoms with van der Waals surface area (Å²) in [5, 5.41) is 13.4. The van der Waals surface area contributed by atoms with Crippen molar-refractivity contribution in [3.05, 3.63) is 0 Å². The fourth-order valence-electron chi connectivity index (χ4n) is 3.53. The van der Waals surface area contributed by atoms with E-state index in [0.717, 1.165) is 38.8 Å². The summed E-state index contributed by atoms with van der Waals surface area (Å²) in [4.78, 5) is 14.3. The monoisotopic (exact) mass is 282 g/mol. The van der Waals surface area contributed by atoms with Gasteiger partial charge < -0.3 is 15.3 Å². The van der Waals surface area contributed by atoms with Crippen molar-refractivity contribution in [3.8, 4) is 0 Å². The summed E-state index contributed by atoms with van der Waals surface area (Å²) in [7, 11) is 0. The minimum absolute atomic E-state index is 0.0408. The zero-order valence-electron chi connectivity index (χ0n) is 13.2. The minimum Gasteiger partial charge on any atom is -0.394 e. The molecule has 0 spiro atoms. The Hall–Kier alpha value is -0.610. The van der Waals surface area contributed by atoms with Crippen molar-refractivity contribution in [2.45, 2.75) is 70.9 Å².